The van der Waals surface area contributed by atoms with E-state index in [-0.39, 0.29) is 0 Å². The summed E-state index contributed by atoms with van der Waals surface area (Å²) in [6.07, 6.45) is 3.51. The highest BCUT2D eigenvalue weighted by Gasteiger charge is 2.08. The van der Waals surface area contributed by atoms with Gasteiger partial charge in [0, 0.05) is 12.3 Å². The molecule has 0 spiro atoms. The fraction of sp³-hybridized carbons (Fsp3) is 0.143. The Hall–Kier alpha value is -2.41. The molecule has 0 unspecified atom stereocenters. The summed E-state index contributed by atoms with van der Waals surface area (Å²) >= 11 is 1.66. The predicted molar refractivity (Wildman–Crippen MR) is 83.3 cm³/mol. The zero-order valence-electron chi connectivity index (χ0n) is 11.3. The third-order valence-corrected chi connectivity index (χ3v) is 3.80. The van der Waals surface area contributed by atoms with Gasteiger partial charge >= 0.3 is 0 Å². The van der Waals surface area contributed by atoms with Crippen LogP contribution in [0.1, 0.15) is 5.56 Å². The van der Waals surface area contributed by atoms with Gasteiger partial charge in [-0.05, 0) is 5.56 Å². The number of nitrogens with one attached hydrogen (secondary N) is 1. The Balaban J connectivity index is 1.79. The van der Waals surface area contributed by atoms with Crippen LogP contribution in [0.15, 0.2) is 54.2 Å². The van der Waals surface area contributed by atoms with Gasteiger partial charge in [0.2, 0.25) is 0 Å². The molecule has 0 amide bonds. The molecular weight excluding hydrogens is 284 g/mol. The molecule has 1 aromatic carbocycles. The van der Waals surface area contributed by atoms with Crippen LogP contribution in [0.25, 0.3) is 5.78 Å². The summed E-state index contributed by atoms with van der Waals surface area (Å²) in [6, 6.07) is 10.3. The molecule has 21 heavy (non-hydrogen) atoms. The van der Waals surface area contributed by atoms with Gasteiger partial charge < -0.3 is 5.32 Å². The number of anilines is 1. The molecule has 0 fully saturated rings. The molecule has 3 rings (SSSR count). The molecule has 7 heteroatoms. The molecule has 0 aliphatic rings. The van der Waals surface area contributed by atoms with Gasteiger partial charge in [-0.1, -0.05) is 48.2 Å². The topological polar surface area (TPSA) is 68.0 Å². The number of fused-ring (bicyclic) bond motifs is 1. The number of rotatable bonds is 6. The molecule has 0 aliphatic carbocycles. The van der Waals surface area contributed by atoms with Crippen molar-refractivity contribution in [3.63, 3.8) is 0 Å². The van der Waals surface area contributed by atoms with Gasteiger partial charge in [-0.15, -0.1) is 21.9 Å². The first-order valence-corrected chi connectivity index (χ1v) is 7.45. The summed E-state index contributed by atoms with van der Waals surface area (Å²) in [4.78, 5) is 4.21. The second-order valence-electron chi connectivity index (χ2n) is 4.28. The highest BCUT2D eigenvalue weighted by atomic mass is 32.2. The SMILES string of the molecule is C=CCNc1nnc2ncc(SCc3ccccc3)n2n1. The van der Waals surface area contributed by atoms with Crippen molar-refractivity contribution in [2.75, 3.05) is 11.9 Å². The van der Waals surface area contributed by atoms with Gasteiger partial charge in [-0.3, -0.25) is 0 Å². The number of benzene rings is 1. The van der Waals surface area contributed by atoms with Crippen LogP contribution in [0, 0.1) is 0 Å². The zero-order chi connectivity index (χ0) is 14.5. The van der Waals surface area contributed by atoms with Gasteiger partial charge in [0.25, 0.3) is 11.7 Å². The quantitative estimate of drug-likeness (QED) is 0.557. The lowest BCUT2D eigenvalue weighted by molar-refractivity contribution is 0.784. The van der Waals surface area contributed by atoms with Crippen molar-refractivity contribution in [2.45, 2.75) is 10.8 Å². The Morgan fingerprint density at radius 1 is 1.24 bits per heavy atom. The Labute approximate surface area is 126 Å². The first-order chi connectivity index (χ1) is 10.4. The molecule has 0 aliphatic heterocycles. The fourth-order valence-corrected chi connectivity index (χ4v) is 2.63. The van der Waals surface area contributed by atoms with Crippen LogP contribution in [0.2, 0.25) is 0 Å². The van der Waals surface area contributed by atoms with E-state index in [4.69, 9.17) is 0 Å². The van der Waals surface area contributed by atoms with E-state index in [0.29, 0.717) is 18.3 Å². The maximum absolute atomic E-state index is 4.39. The standard InChI is InChI=1S/C14H14N6S/c1-2-8-15-13-17-18-14-16-9-12(20(14)19-13)21-10-11-6-4-3-5-7-11/h2-7,9H,1,8,10H2,(H,15,19). The van der Waals surface area contributed by atoms with Crippen molar-refractivity contribution in [1.82, 2.24) is 24.8 Å². The van der Waals surface area contributed by atoms with Gasteiger partial charge in [0.15, 0.2) is 0 Å². The molecule has 0 saturated carbocycles. The molecule has 0 radical (unpaired) electrons. The van der Waals surface area contributed by atoms with Crippen LogP contribution >= 0.6 is 11.8 Å². The molecule has 2 aromatic heterocycles. The Morgan fingerprint density at radius 2 is 2.10 bits per heavy atom. The average Bonchev–Trinajstić information content (AvgIpc) is 2.94. The average molecular weight is 298 g/mol. The molecule has 0 bridgehead atoms. The molecule has 0 saturated heterocycles. The smallest absolute Gasteiger partial charge is 0.271 e. The summed E-state index contributed by atoms with van der Waals surface area (Å²) < 4.78 is 1.70. The van der Waals surface area contributed by atoms with Crippen LogP contribution in [-0.2, 0) is 5.75 Å². The van der Waals surface area contributed by atoms with Crippen molar-refractivity contribution in [1.29, 1.82) is 0 Å². The fourth-order valence-electron chi connectivity index (χ4n) is 1.75. The van der Waals surface area contributed by atoms with Gasteiger partial charge in [-0.25, -0.2) is 4.98 Å². The molecule has 1 N–H and O–H groups in total. The third-order valence-electron chi connectivity index (χ3n) is 2.75. The molecule has 106 valence electrons. The van der Waals surface area contributed by atoms with Crippen LogP contribution in [-0.4, -0.2) is 31.3 Å². The lowest BCUT2D eigenvalue weighted by Gasteiger charge is -2.03. The molecule has 6 nitrogen and oxygen atoms in total. The van der Waals surface area contributed by atoms with Gasteiger partial charge in [0.05, 0.1) is 6.20 Å². The molecule has 0 atom stereocenters. The second kappa shape index (κ2) is 6.36. The van der Waals surface area contributed by atoms with Crippen LogP contribution in [0.3, 0.4) is 0 Å². The van der Waals surface area contributed by atoms with Crippen LogP contribution in [0.4, 0.5) is 5.95 Å². The van der Waals surface area contributed by atoms with E-state index in [1.165, 1.54) is 5.56 Å². The Kier molecular flexibility index (Phi) is 4.11. The number of hydrogen-bond donors (Lipinski definition) is 1. The van der Waals surface area contributed by atoms with Gasteiger partial charge in [0.1, 0.15) is 5.03 Å². The Bertz CT molecular complexity index is 740. The first kappa shape index (κ1) is 13.6. The third kappa shape index (κ3) is 3.19. The summed E-state index contributed by atoms with van der Waals surface area (Å²) in [7, 11) is 0. The number of hydrogen-bond acceptors (Lipinski definition) is 6. The van der Waals surface area contributed by atoms with E-state index in [1.54, 1.807) is 28.6 Å². The Morgan fingerprint density at radius 3 is 2.90 bits per heavy atom. The van der Waals surface area contributed by atoms with Gasteiger partial charge in [-0.2, -0.15) is 4.52 Å². The predicted octanol–water partition coefficient (Wildman–Crippen LogP) is 2.41. The van der Waals surface area contributed by atoms with E-state index in [2.05, 4.69) is 44.3 Å². The van der Waals surface area contributed by atoms with Crippen molar-refractivity contribution in [2.24, 2.45) is 0 Å². The highest BCUT2D eigenvalue weighted by molar-refractivity contribution is 7.98. The summed E-state index contributed by atoms with van der Waals surface area (Å²) in [6.45, 7) is 4.24. The van der Waals surface area contributed by atoms with Crippen LogP contribution in [0.5, 0.6) is 0 Å². The normalized spacial score (nSPS) is 10.7. The summed E-state index contributed by atoms with van der Waals surface area (Å²) in [5.41, 5.74) is 1.25. The van der Waals surface area contributed by atoms with Crippen LogP contribution < -0.4 is 5.32 Å². The lowest BCUT2D eigenvalue weighted by atomic mass is 10.2. The van der Waals surface area contributed by atoms with Crippen molar-refractivity contribution in [3.05, 3.63) is 54.7 Å². The second-order valence-corrected chi connectivity index (χ2v) is 5.27. The van der Waals surface area contributed by atoms with E-state index >= 15 is 0 Å². The molecular formula is C14H14N6S. The van der Waals surface area contributed by atoms with E-state index < -0.39 is 0 Å². The molecule has 2 heterocycles. The summed E-state index contributed by atoms with van der Waals surface area (Å²) in [5.74, 6) is 1.81. The minimum Gasteiger partial charge on any atom is -0.348 e. The van der Waals surface area contributed by atoms with E-state index in [1.807, 2.05) is 18.2 Å². The number of aromatic nitrogens is 5. The largest absolute Gasteiger partial charge is 0.348 e. The monoisotopic (exact) mass is 298 g/mol. The first-order valence-electron chi connectivity index (χ1n) is 6.47. The summed E-state index contributed by atoms with van der Waals surface area (Å²) in [5, 5.41) is 16.3. The minimum absolute atomic E-state index is 0.460. The molecule has 3 aromatic rings. The highest BCUT2D eigenvalue weighted by Crippen LogP contribution is 2.22. The maximum atomic E-state index is 4.39. The van der Waals surface area contributed by atoms with E-state index in [0.717, 1.165) is 10.8 Å². The van der Waals surface area contributed by atoms with E-state index in [9.17, 15) is 0 Å². The minimum atomic E-state index is 0.460. The zero-order valence-corrected chi connectivity index (χ0v) is 12.1. The number of imidazole rings is 1. The number of thioether (sulfide) groups is 1. The van der Waals surface area contributed by atoms with Crippen molar-refractivity contribution >= 4 is 23.5 Å². The number of nitrogens with zero attached hydrogens (tertiary/aromatic N) is 5. The van der Waals surface area contributed by atoms with Crippen molar-refractivity contribution < 1.29 is 0 Å². The van der Waals surface area contributed by atoms with Crippen molar-refractivity contribution in [3.8, 4) is 0 Å². The maximum Gasteiger partial charge on any atom is 0.271 e. The lowest BCUT2D eigenvalue weighted by Crippen LogP contribution is -2.08.